The number of aryl methyl sites for hydroxylation is 2. The van der Waals surface area contributed by atoms with E-state index in [9.17, 15) is 0 Å². The van der Waals surface area contributed by atoms with Crippen LogP contribution in [0, 0.1) is 34.5 Å². The summed E-state index contributed by atoms with van der Waals surface area (Å²) in [5.74, 6) is 5.12. The van der Waals surface area contributed by atoms with Crippen molar-refractivity contribution < 1.29 is 0 Å². The second kappa shape index (κ2) is 19.6. The van der Waals surface area contributed by atoms with Gasteiger partial charge in [-0.05, 0) is 304 Å². The zero-order valence-corrected chi connectivity index (χ0v) is 54.5. The van der Waals surface area contributed by atoms with E-state index >= 15 is 0 Å². The lowest BCUT2D eigenvalue weighted by Gasteiger charge is -2.49. The molecule has 0 spiro atoms. The van der Waals surface area contributed by atoms with Gasteiger partial charge in [0.25, 0.3) is 0 Å². The average molecular weight is 1180 g/mol. The molecule has 0 heterocycles. The van der Waals surface area contributed by atoms with Crippen LogP contribution in [0.2, 0.25) is 0 Å². The number of benzene rings is 10. The Bertz CT molecular complexity index is 4410. The maximum Gasteiger partial charge on any atom is 0.0713 e. The molecule has 0 unspecified atom stereocenters. The van der Waals surface area contributed by atoms with Crippen LogP contribution >= 0.6 is 0 Å². The van der Waals surface area contributed by atoms with Gasteiger partial charge in [0, 0.05) is 10.8 Å². The van der Waals surface area contributed by atoms with Crippen molar-refractivity contribution in [3.05, 3.63) is 273 Å². The van der Waals surface area contributed by atoms with Crippen molar-refractivity contribution in [1.29, 1.82) is 0 Å². The standard InChI is InChI=1S/C91H86/c1-87(2)83-51-59(27-35-75(83)77-37-29-61(53-85(77)87)57-25-33-67-63(47-57)31-39-73-69(67)41-45-89(5)43-13-23-79(73)89)55-15-11-17-65(49-55)91(81-21-9-7-19-71(81)72-20-8-10-22-82(72)91)66-18-12-16-56(50-66)60-28-36-76-78-38-30-62(54-86(78)88(3,4)84(76)52-60)58-26-34-68-64(48-58)32-40-74-70(68)42-46-90(6)44-14-24-80(74)90/h7-12,15-22,25-30,33-38,47-54,69-70,73-74,79-80H,13-14,23-24,31-32,39-46H2,1-6H3/t69-,70-,73-,74-,79+,80+,89+,90+/m1/s1. The number of rotatable bonds is 6. The van der Waals surface area contributed by atoms with Crippen LogP contribution in [0.25, 0.3) is 77.9 Å². The molecule has 4 fully saturated rings. The molecule has 0 aliphatic heterocycles. The largest absolute Gasteiger partial charge is 0.0713 e. The van der Waals surface area contributed by atoms with E-state index in [-0.39, 0.29) is 10.8 Å². The van der Waals surface area contributed by atoms with Crippen molar-refractivity contribution in [1.82, 2.24) is 0 Å². The lowest BCUT2D eigenvalue weighted by atomic mass is 9.56. The highest BCUT2D eigenvalue weighted by molar-refractivity contribution is 5.90. The van der Waals surface area contributed by atoms with Gasteiger partial charge in [-0.1, -0.05) is 224 Å². The summed E-state index contributed by atoms with van der Waals surface area (Å²) in [7, 11) is 0. The third kappa shape index (κ3) is 7.81. The predicted molar refractivity (Wildman–Crippen MR) is 379 cm³/mol. The number of hydrogen-bond donors (Lipinski definition) is 0. The highest BCUT2D eigenvalue weighted by atomic mass is 14.6. The fourth-order valence-electron chi connectivity index (χ4n) is 22.6. The topological polar surface area (TPSA) is 0 Å². The Morgan fingerprint density at radius 3 is 1.04 bits per heavy atom. The molecule has 0 amide bonds. The third-order valence-corrected chi connectivity index (χ3v) is 27.2. The van der Waals surface area contributed by atoms with E-state index in [0.29, 0.717) is 10.8 Å². The molecule has 8 atom stereocenters. The lowest BCUT2D eigenvalue weighted by molar-refractivity contribution is 0.0598. The van der Waals surface area contributed by atoms with Crippen molar-refractivity contribution in [2.24, 2.45) is 34.5 Å². The van der Waals surface area contributed by atoms with Gasteiger partial charge in [-0.3, -0.25) is 0 Å². The fraction of sp³-hybridized carbons (Fsp3) is 0.341. The summed E-state index contributed by atoms with van der Waals surface area (Å²) in [6, 6.07) is 82.4. The van der Waals surface area contributed by atoms with Gasteiger partial charge in [0.1, 0.15) is 0 Å². The van der Waals surface area contributed by atoms with Crippen LogP contribution in [0.15, 0.2) is 206 Å². The zero-order valence-electron chi connectivity index (χ0n) is 54.5. The van der Waals surface area contributed by atoms with E-state index in [1.54, 1.807) is 22.3 Å². The first-order chi connectivity index (χ1) is 44.3. The Kier molecular flexibility index (Phi) is 11.8. The van der Waals surface area contributed by atoms with Gasteiger partial charge in [0.15, 0.2) is 0 Å². The number of hydrogen-bond acceptors (Lipinski definition) is 0. The smallest absolute Gasteiger partial charge is 0.0619 e. The highest BCUT2D eigenvalue weighted by Crippen LogP contribution is 2.64. The first kappa shape index (κ1) is 54.9. The maximum atomic E-state index is 2.62. The summed E-state index contributed by atoms with van der Waals surface area (Å²) in [5.41, 5.74) is 36.5. The summed E-state index contributed by atoms with van der Waals surface area (Å²) in [5, 5.41) is 0. The van der Waals surface area contributed by atoms with Crippen molar-refractivity contribution in [3.63, 3.8) is 0 Å². The Labute approximate surface area is 541 Å². The van der Waals surface area contributed by atoms with Crippen LogP contribution in [-0.2, 0) is 29.1 Å². The van der Waals surface area contributed by atoms with Crippen molar-refractivity contribution in [2.45, 2.75) is 160 Å². The number of fused-ring (bicyclic) bond motifs is 19. The normalized spacial score (nSPS) is 26.5. The van der Waals surface area contributed by atoms with Crippen molar-refractivity contribution >= 4 is 0 Å². The molecule has 91 heavy (non-hydrogen) atoms. The fourth-order valence-corrected chi connectivity index (χ4v) is 22.6. The molecule has 9 aliphatic rings. The van der Waals surface area contributed by atoms with E-state index < -0.39 is 5.41 Å². The first-order valence-corrected chi connectivity index (χ1v) is 35.5. The summed E-state index contributed by atoms with van der Waals surface area (Å²) < 4.78 is 0. The van der Waals surface area contributed by atoms with E-state index in [1.165, 1.54) is 212 Å². The van der Waals surface area contributed by atoms with Gasteiger partial charge >= 0.3 is 0 Å². The predicted octanol–water partition coefficient (Wildman–Crippen LogP) is 23.8. The van der Waals surface area contributed by atoms with Gasteiger partial charge in [-0.25, -0.2) is 0 Å². The van der Waals surface area contributed by atoms with Crippen LogP contribution in [0.3, 0.4) is 0 Å². The molecular weight excluding hydrogens is 1090 g/mol. The molecule has 4 saturated carbocycles. The van der Waals surface area contributed by atoms with Crippen molar-refractivity contribution in [3.8, 4) is 77.9 Å². The molecule has 9 aliphatic carbocycles. The molecule has 19 rings (SSSR count). The second-order valence-electron chi connectivity index (χ2n) is 32.1. The monoisotopic (exact) mass is 1180 g/mol. The van der Waals surface area contributed by atoms with Gasteiger partial charge in [-0.15, -0.1) is 0 Å². The van der Waals surface area contributed by atoms with Gasteiger partial charge in [-0.2, -0.15) is 0 Å². The van der Waals surface area contributed by atoms with Gasteiger partial charge in [0.2, 0.25) is 0 Å². The molecule has 0 bridgehead atoms. The second-order valence-corrected chi connectivity index (χ2v) is 32.1. The molecule has 0 saturated heterocycles. The van der Waals surface area contributed by atoms with Crippen LogP contribution in [0.1, 0.15) is 197 Å². The van der Waals surface area contributed by atoms with Crippen LogP contribution < -0.4 is 0 Å². The molecule has 0 radical (unpaired) electrons. The van der Waals surface area contributed by atoms with E-state index in [1.807, 2.05) is 0 Å². The molecular formula is C91H86. The SMILES string of the molecule is CC1(C)c2cc(-c3cccc(C4(c5cccc(-c6ccc7c(c6)C(C)(C)c6cc(-c8ccc9c(c8)CC[C@@H]8[C@@H]9CC[C@]9(C)CCC[C@@H]89)ccc6-7)c5)c5ccccc5-c5ccccc54)c3)ccc2-c2ccc(-c3ccc4c(c3)CC[C@@H]3[C@@H]4CC[C@]4(C)CCC[C@@H]34)cc21. The van der Waals surface area contributed by atoms with Gasteiger partial charge < -0.3 is 0 Å². The Hall–Kier alpha value is -7.80. The Morgan fingerprint density at radius 2 is 0.637 bits per heavy atom. The molecule has 10 aromatic carbocycles. The molecule has 0 N–H and O–H groups in total. The summed E-state index contributed by atoms with van der Waals surface area (Å²) in [4.78, 5) is 0. The molecule has 0 nitrogen and oxygen atoms in total. The molecule has 0 heteroatoms. The summed E-state index contributed by atoms with van der Waals surface area (Å²) in [6.45, 7) is 15.1. The average Bonchev–Trinajstić information content (AvgIpc) is 1.58. The minimum Gasteiger partial charge on any atom is -0.0619 e. The molecule has 450 valence electrons. The maximum absolute atomic E-state index is 2.62. The third-order valence-electron chi connectivity index (χ3n) is 27.2. The van der Waals surface area contributed by atoms with Crippen LogP contribution in [-0.4, -0.2) is 0 Å². The minimum atomic E-state index is -0.553. The summed E-state index contributed by atoms with van der Waals surface area (Å²) in [6.07, 6.45) is 19.5. The zero-order chi connectivity index (χ0) is 60.9. The molecule has 0 aromatic heterocycles. The van der Waals surface area contributed by atoms with Crippen LogP contribution in [0.4, 0.5) is 0 Å². The van der Waals surface area contributed by atoms with Crippen molar-refractivity contribution in [2.75, 3.05) is 0 Å². The first-order valence-electron chi connectivity index (χ1n) is 35.5. The van der Waals surface area contributed by atoms with Crippen LogP contribution in [0.5, 0.6) is 0 Å². The Balaban J connectivity index is 0.642. The van der Waals surface area contributed by atoms with E-state index in [2.05, 4.69) is 248 Å². The quantitative estimate of drug-likeness (QED) is 0.156. The van der Waals surface area contributed by atoms with Gasteiger partial charge in [0.05, 0.1) is 5.41 Å². The van der Waals surface area contributed by atoms with E-state index in [4.69, 9.17) is 0 Å². The summed E-state index contributed by atoms with van der Waals surface area (Å²) >= 11 is 0. The Morgan fingerprint density at radius 1 is 0.286 bits per heavy atom. The lowest BCUT2D eigenvalue weighted by Crippen LogP contribution is -2.39. The minimum absolute atomic E-state index is 0.158. The highest BCUT2D eigenvalue weighted by Gasteiger charge is 2.53. The van der Waals surface area contributed by atoms with E-state index in [0.717, 1.165) is 35.5 Å². The molecule has 10 aromatic rings.